The van der Waals surface area contributed by atoms with Gasteiger partial charge in [-0.15, -0.1) is 0 Å². The lowest BCUT2D eigenvalue weighted by Gasteiger charge is -2.22. The van der Waals surface area contributed by atoms with E-state index in [-0.39, 0.29) is 23.2 Å². The summed E-state index contributed by atoms with van der Waals surface area (Å²) >= 11 is 0. The molecule has 0 amide bonds. The molecule has 1 aromatic carbocycles. The molecule has 0 radical (unpaired) electrons. The normalized spacial score (nSPS) is 15.5. The second kappa shape index (κ2) is 8.52. The molecule has 0 saturated carbocycles. The Balaban J connectivity index is 2.14. The van der Waals surface area contributed by atoms with Gasteiger partial charge in [0.05, 0.1) is 11.1 Å². The molecule has 0 fully saturated rings. The fourth-order valence-electron chi connectivity index (χ4n) is 3.18. The predicted molar refractivity (Wildman–Crippen MR) is 113 cm³/mol. The highest BCUT2D eigenvalue weighted by molar-refractivity contribution is 5.92. The van der Waals surface area contributed by atoms with Crippen molar-refractivity contribution in [2.75, 3.05) is 18.5 Å². The number of aryl methyl sites for hydroxylation is 1. The standard InChI is InChI=1S/C22H27FN4O/c1-4-15(24)11-12-27(3)22-16-10-9-14(2)13-18(16)25-21(26-22)20-17(23)7-5-6-8-19(20)28/h5,7-10,13,15,28H,4,6,11-12,24H2,1-3H3. The maximum absolute atomic E-state index is 14.6. The van der Waals surface area contributed by atoms with Gasteiger partial charge in [-0.05, 0) is 56.0 Å². The van der Waals surface area contributed by atoms with Gasteiger partial charge in [-0.1, -0.05) is 19.1 Å². The van der Waals surface area contributed by atoms with Crippen molar-refractivity contribution in [1.29, 1.82) is 0 Å². The highest BCUT2D eigenvalue weighted by Crippen LogP contribution is 2.31. The molecule has 6 heteroatoms. The van der Waals surface area contributed by atoms with E-state index in [4.69, 9.17) is 5.73 Å². The number of fused-ring (bicyclic) bond motifs is 1. The van der Waals surface area contributed by atoms with E-state index in [0.717, 1.165) is 30.3 Å². The molecule has 0 aliphatic heterocycles. The Morgan fingerprint density at radius 2 is 2.11 bits per heavy atom. The minimum Gasteiger partial charge on any atom is -0.507 e. The van der Waals surface area contributed by atoms with Crippen molar-refractivity contribution in [2.45, 2.75) is 39.2 Å². The molecule has 148 valence electrons. The van der Waals surface area contributed by atoms with E-state index in [2.05, 4.69) is 16.9 Å². The van der Waals surface area contributed by atoms with E-state index < -0.39 is 5.83 Å². The Morgan fingerprint density at radius 3 is 2.86 bits per heavy atom. The van der Waals surface area contributed by atoms with Crippen molar-refractivity contribution in [3.05, 3.63) is 59.4 Å². The van der Waals surface area contributed by atoms with Crippen LogP contribution in [0.1, 0.15) is 37.6 Å². The molecule has 2 aromatic rings. The first-order valence-corrected chi connectivity index (χ1v) is 9.62. The van der Waals surface area contributed by atoms with Crippen molar-refractivity contribution in [3.63, 3.8) is 0 Å². The third kappa shape index (κ3) is 4.22. The number of nitrogens with zero attached hydrogens (tertiary/aromatic N) is 3. The minimum atomic E-state index is -0.542. The quantitative estimate of drug-likeness (QED) is 0.765. The van der Waals surface area contributed by atoms with Crippen molar-refractivity contribution in [1.82, 2.24) is 9.97 Å². The summed E-state index contributed by atoms with van der Waals surface area (Å²) in [6, 6.07) is 6.05. The number of aliphatic hydroxyl groups is 1. The molecule has 3 rings (SSSR count). The number of nitrogens with two attached hydrogens (primary N) is 1. The summed E-state index contributed by atoms with van der Waals surface area (Å²) in [5.41, 5.74) is 7.86. The lowest BCUT2D eigenvalue weighted by atomic mass is 10.1. The Hall–Kier alpha value is -2.73. The average molecular weight is 382 g/mol. The molecule has 1 aliphatic rings. The summed E-state index contributed by atoms with van der Waals surface area (Å²) in [6.45, 7) is 4.77. The number of aromatic nitrogens is 2. The number of hydrogen-bond donors (Lipinski definition) is 2. The molecule has 1 aliphatic carbocycles. The van der Waals surface area contributed by atoms with Crippen LogP contribution in [-0.4, -0.2) is 34.7 Å². The number of rotatable bonds is 6. The Morgan fingerprint density at radius 1 is 1.32 bits per heavy atom. The topological polar surface area (TPSA) is 75.3 Å². The number of aliphatic hydroxyl groups excluding tert-OH is 1. The van der Waals surface area contributed by atoms with Crippen molar-refractivity contribution < 1.29 is 9.50 Å². The highest BCUT2D eigenvalue weighted by atomic mass is 19.1. The van der Waals surface area contributed by atoms with Crippen LogP contribution < -0.4 is 10.6 Å². The minimum absolute atomic E-state index is 0.0251. The summed E-state index contributed by atoms with van der Waals surface area (Å²) in [5.74, 6) is 0.193. The van der Waals surface area contributed by atoms with E-state index in [9.17, 15) is 9.50 Å². The van der Waals surface area contributed by atoms with Gasteiger partial charge in [0.15, 0.2) is 5.82 Å². The van der Waals surface area contributed by atoms with Gasteiger partial charge in [0.25, 0.3) is 0 Å². The van der Waals surface area contributed by atoms with Crippen LogP contribution in [0.5, 0.6) is 0 Å². The van der Waals surface area contributed by atoms with E-state index >= 15 is 0 Å². The third-order valence-electron chi connectivity index (χ3n) is 4.98. The van der Waals surface area contributed by atoms with Gasteiger partial charge in [-0.25, -0.2) is 14.4 Å². The molecule has 1 aromatic heterocycles. The van der Waals surface area contributed by atoms with Gasteiger partial charge in [0, 0.05) is 25.0 Å². The van der Waals surface area contributed by atoms with Crippen LogP contribution >= 0.6 is 0 Å². The maximum Gasteiger partial charge on any atom is 0.168 e. The van der Waals surface area contributed by atoms with Gasteiger partial charge >= 0.3 is 0 Å². The monoisotopic (exact) mass is 382 g/mol. The van der Waals surface area contributed by atoms with Crippen LogP contribution in [0.3, 0.4) is 0 Å². The fourth-order valence-corrected chi connectivity index (χ4v) is 3.18. The molecule has 3 N–H and O–H groups in total. The summed E-state index contributed by atoms with van der Waals surface area (Å²) < 4.78 is 14.6. The predicted octanol–water partition coefficient (Wildman–Crippen LogP) is 4.58. The molecule has 1 unspecified atom stereocenters. The molecular weight excluding hydrogens is 355 g/mol. The number of hydrogen-bond acceptors (Lipinski definition) is 5. The first-order chi connectivity index (χ1) is 13.4. The molecule has 0 bridgehead atoms. The molecule has 1 heterocycles. The van der Waals surface area contributed by atoms with E-state index in [1.54, 1.807) is 12.2 Å². The molecular formula is C22H27FN4O. The van der Waals surface area contributed by atoms with Gasteiger partial charge in [0.1, 0.15) is 17.4 Å². The summed E-state index contributed by atoms with van der Waals surface area (Å²) in [7, 11) is 1.95. The first-order valence-electron chi connectivity index (χ1n) is 9.62. The largest absolute Gasteiger partial charge is 0.507 e. The second-order valence-electron chi connectivity index (χ2n) is 7.22. The molecule has 0 spiro atoms. The van der Waals surface area contributed by atoms with Crippen LogP contribution in [0.2, 0.25) is 0 Å². The zero-order valence-electron chi connectivity index (χ0n) is 16.6. The van der Waals surface area contributed by atoms with Crippen molar-refractivity contribution in [3.8, 4) is 0 Å². The zero-order valence-corrected chi connectivity index (χ0v) is 16.6. The number of allylic oxidation sites excluding steroid dienone is 5. The smallest absolute Gasteiger partial charge is 0.168 e. The summed E-state index contributed by atoms with van der Waals surface area (Å²) in [6.07, 6.45) is 6.75. The van der Waals surface area contributed by atoms with Crippen molar-refractivity contribution >= 4 is 22.3 Å². The second-order valence-corrected chi connectivity index (χ2v) is 7.22. The lowest BCUT2D eigenvalue weighted by Crippen LogP contribution is -2.28. The number of benzene rings is 1. The Bertz CT molecular complexity index is 964. The van der Waals surface area contributed by atoms with Crippen LogP contribution in [0.25, 0.3) is 16.5 Å². The van der Waals surface area contributed by atoms with Crippen LogP contribution in [0.4, 0.5) is 10.2 Å². The van der Waals surface area contributed by atoms with E-state index in [1.165, 1.54) is 6.08 Å². The molecule has 0 saturated heterocycles. The van der Waals surface area contributed by atoms with E-state index in [1.807, 2.05) is 37.1 Å². The zero-order chi connectivity index (χ0) is 20.3. The van der Waals surface area contributed by atoms with Gasteiger partial charge in [0.2, 0.25) is 0 Å². The Kier molecular flexibility index (Phi) is 6.09. The van der Waals surface area contributed by atoms with Gasteiger partial charge < -0.3 is 15.7 Å². The SMILES string of the molecule is CCC(N)CCN(C)c1nc(C2=C(F)C=CCC=C2O)nc2cc(C)ccc12. The van der Waals surface area contributed by atoms with Crippen LogP contribution in [0, 0.1) is 6.92 Å². The van der Waals surface area contributed by atoms with E-state index in [0.29, 0.717) is 17.8 Å². The molecule has 28 heavy (non-hydrogen) atoms. The number of halogens is 1. The van der Waals surface area contributed by atoms with Crippen LogP contribution in [-0.2, 0) is 0 Å². The van der Waals surface area contributed by atoms with Crippen LogP contribution in [0.15, 0.2) is 48.0 Å². The summed E-state index contributed by atoms with van der Waals surface area (Å²) in [4.78, 5) is 11.2. The Labute approximate surface area is 165 Å². The maximum atomic E-state index is 14.6. The average Bonchev–Trinajstić information content (AvgIpc) is 2.84. The number of anilines is 1. The fraction of sp³-hybridized carbons (Fsp3) is 0.364. The molecule has 1 atom stereocenters. The van der Waals surface area contributed by atoms with Gasteiger partial charge in [-0.3, -0.25) is 0 Å². The first kappa shape index (κ1) is 20.0. The molecule has 5 nitrogen and oxygen atoms in total. The summed E-state index contributed by atoms with van der Waals surface area (Å²) in [5, 5.41) is 11.2. The third-order valence-corrected chi connectivity index (χ3v) is 4.98. The van der Waals surface area contributed by atoms with Gasteiger partial charge in [-0.2, -0.15) is 0 Å². The highest BCUT2D eigenvalue weighted by Gasteiger charge is 2.21. The lowest BCUT2D eigenvalue weighted by molar-refractivity contribution is 0.433. The van der Waals surface area contributed by atoms with Crippen molar-refractivity contribution in [2.24, 2.45) is 5.73 Å².